The minimum atomic E-state index is -8.59. The fraction of sp³-hybridized carbons (Fsp3) is 1.00. The molecule has 0 heterocycles. The van der Waals surface area contributed by atoms with E-state index in [1.54, 1.807) is 0 Å². The fourth-order valence-corrected chi connectivity index (χ4v) is 1.80. The number of aliphatic hydroxyl groups is 1. The van der Waals surface area contributed by atoms with Gasteiger partial charge in [-0.2, -0.15) is 74.6 Å². The van der Waals surface area contributed by atoms with Crippen LogP contribution in [0.4, 0.5) is 74.6 Å². The van der Waals surface area contributed by atoms with E-state index in [0.29, 0.717) is 0 Å². The van der Waals surface area contributed by atoms with Gasteiger partial charge in [0, 0.05) is 0 Å². The third-order valence-electron chi connectivity index (χ3n) is 3.59. The molecule has 0 radical (unpaired) electrons. The maximum atomic E-state index is 13.2. The molecule has 27 heavy (non-hydrogen) atoms. The van der Waals surface area contributed by atoms with Crippen LogP contribution in [0.25, 0.3) is 0 Å². The Morgan fingerprint density at radius 3 is 0.519 bits per heavy atom. The van der Waals surface area contributed by atoms with Crippen LogP contribution in [0.1, 0.15) is 0 Å². The molecule has 0 spiro atoms. The first-order chi connectivity index (χ1) is 11.2. The predicted octanol–water partition coefficient (Wildman–Crippen LogP) is 4.74. The van der Waals surface area contributed by atoms with Gasteiger partial charge in [-0.3, -0.25) is 0 Å². The maximum Gasteiger partial charge on any atom is 0.385 e. The normalized spacial score (nSPS) is 34.0. The van der Waals surface area contributed by atoms with E-state index in [2.05, 4.69) is 0 Å². The zero-order chi connectivity index (χ0) is 22.5. The molecule has 0 unspecified atom stereocenters. The van der Waals surface area contributed by atoms with Gasteiger partial charge in [-0.15, -0.1) is 0 Å². The van der Waals surface area contributed by atoms with E-state index in [1.807, 2.05) is 0 Å². The summed E-state index contributed by atoms with van der Waals surface area (Å²) in [7, 11) is 0. The topological polar surface area (TPSA) is 20.2 Å². The van der Waals surface area contributed by atoms with E-state index in [9.17, 15) is 74.6 Å². The van der Waals surface area contributed by atoms with E-state index >= 15 is 0 Å². The van der Waals surface area contributed by atoms with Gasteiger partial charge in [0.25, 0.3) is 0 Å². The van der Waals surface area contributed by atoms with E-state index in [0.717, 1.165) is 0 Å². The lowest BCUT2D eigenvalue weighted by atomic mass is 9.90. The van der Waals surface area contributed by atoms with E-state index in [1.165, 1.54) is 0 Å². The fourth-order valence-electron chi connectivity index (χ4n) is 1.80. The number of hydrogen-bond donors (Lipinski definition) is 1. The second-order valence-corrected chi connectivity index (χ2v) is 5.22. The lowest BCUT2D eigenvalue weighted by molar-refractivity contribution is -0.457. The minimum absolute atomic E-state index is 8.05. The first-order valence-corrected chi connectivity index (χ1v) is 5.69. The van der Waals surface area contributed by atoms with Crippen molar-refractivity contribution in [2.75, 3.05) is 0 Å². The zero-order valence-corrected chi connectivity index (χ0v) is 11.4. The highest BCUT2D eigenvalue weighted by Crippen LogP contribution is 2.69. The number of hydrogen-bond acceptors (Lipinski definition) is 1. The highest BCUT2D eigenvalue weighted by Gasteiger charge is 3.02. The summed E-state index contributed by atoms with van der Waals surface area (Å²) in [6, 6.07) is 0. The van der Waals surface area contributed by atoms with Crippen LogP contribution >= 0.6 is 0 Å². The summed E-state index contributed by atoms with van der Waals surface area (Å²) in [5, 5.41) is 8.05. The monoisotopic (exact) mass is 448 g/mol. The Morgan fingerprint density at radius 1 is 0.259 bits per heavy atom. The molecular weight excluding hydrogens is 447 g/mol. The van der Waals surface area contributed by atoms with Gasteiger partial charge in [-0.25, -0.2) is 0 Å². The van der Waals surface area contributed by atoms with Gasteiger partial charge in [0.05, 0.1) is 0 Å². The lowest BCUT2D eigenvalue weighted by Crippen LogP contribution is -2.74. The lowest BCUT2D eigenvalue weighted by Gasteiger charge is -2.41. The second-order valence-electron chi connectivity index (χ2n) is 5.22. The molecule has 0 atom stereocenters. The van der Waals surface area contributed by atoms with Crippen molar-refractivity contribution in [2.24, 2.45) is 0 Å². The van der Waals surface area contributed by atoms with Crippen molar-refractivity contribution >= 4 is 0 Å². The van der Waals surface area contributed by atoms with Gasteiger partial charge in [0.2, 0.25) is 0 Å². The van der Waals surface area contributed by atoms with Gasteiger partial charge in [0.15, 0.2) is 0 Å². The first-order valence-electron chi connectivity index (χ1n) is 5.69. The Bertz CT molecular complexity index is 409. The summed E-state index contributed by atoms with van der Waals surface area (Å²) in [6.07, 6.45) is 0. The molecule has 0 aromatic carbocycles. The Labute approximate surface area is 134 Å². The summed E-state index contributed by atoms with van der Waals surface area (Å²) in [5.41, 5.74) is 0. The Kier molecular flexibility index (Phi) is 4.43. The highest BCUT2D eigenvalue weighted by atomic mass is 19.4. The molecule has 1 saturated carbocycles. The van der Waals surface area contributed by atoms with E-state index in [-0.39, 0.29) is 0 Å². The molecule has 1 N–H and O–H groups in total. The summed E-state index contributed by atoms with van der Waals surface area (Å²) < 4.78 is 222. The van der Waals surface area contributed by atoms with Crippen molar-refractivity contribution in [2.45, 2.75) is 53.2 Å². The number of alkyl halides is 17. The number of rotatable bonds is 0. The molecule has 1 aliphatic rings. The third-order valence-corrected chi connectivity index (χ3v) is 3.59. The van der Waals surface area contributed by atoms with Crippen LogP contribution in [0.3, 0.4) is 0 Å². The summed E-state index contributed by atoms with van der Waals surface area (Å²) in [5.74, 6) is -76.3. The smallest absolute Gasteiger partial charge is 0.352 e. The van der Waals surface area contributed by atoms with Gasteiger partial charge >= 0.3 is 53.2 Å². The molecule has 0 aliphatic heterocycles. The van der Waals surface area contributed by atoms with Gasteiger partial charge in [0.1, 0.15) is 0 Å². The van der Waals surface area contributed by atoms with Crippen LogP contribution in [0.15, 0.2) is 0 Å². The molecular formula is C9HF17O. The molecule has 1 aliphatic carbocycles. The molecule has 0 aromatic rings. The summed E-state index contributed by atoms with van der Waals surface area (Å²) in [4.78, 5) is 0. The van der Waals surface area contributed by atoms with E-state index < -0.39 is 53.2 Å². The van der Waals surface area contributed by atoms with Crippen LogP contribution in [0.5, 0.6) is 0 Å². The molecule has 1 rings (SSSR count). The van der Waals surface area contributed by atoms with Crippen molar-refractivity contribution in [1.29, 1.82) is 0 Å². The molecule has 0 aromatic heterocycles. The SMILES string of the molecule is OC1(F)C(F)(F)C(F)(F)C(F)(F)C(F)(F)C(F)(F)C(F)(F)C(F)(F)C1(F)F. The quantitative estimate of drug-likeness (QED) is 0.532. The predicted molar refractivity (Wildman–Crippen MR) is 45.6 cm³/mol. The minimum Gasteiger partial charge on any atom is -0.352 e. The van der Waals surface area contributed by atoms with Crippen LogP contribution in [0.2, 0.25) is 0 Å². The molecule has 0 saturated heterocycles. The Hall–Kier alpha value is -1.23. The largest absolute Gasteiger partial charge is 0.385 e. The van der Waals surface area contributed by atoms with Crippen molar-refractivity contribution in [3.05, 3.63) is 0 Å². The summed E-state index contributed by atoms with van der Waals surface area (Å²) in [6.45, 7) is 0. The molecule has 0 bridgehead atoms. The molecule has 162 valence electrons. The molecule has 1 nitrogen and oxygen atoms in total. The average Bonchev–Trinajstić information content (AvgIpc) is 2.44. The number of halogens is 17. The average molecular weight is 448 g/mol. The van der Waals surface area contributed by atoms with E-state index in [4.69, 9.17) is 5.11 Å². The van der Waals surface area contributed by atoms with Crippen LogP contribution in [-0.2, 0) is 0 Å². The van der Waals surface area contributed by atoms with Crippen LogP contribution < -0.4 is 0 Å². The Balaban J connectivity index is 4.27. The second kappa shape index (κ2) is 5.03. The van der Waals surface area contributed by atoms with Gasteiger partial charge < -0.3 is 5.11 Å². The first kappa shape index (κ1) is 23.8. The third kappa shape index (κ3) is 2.02. The van der Waals surface area contributed by atoms with Crippen molar-refractivity contribution in [1.82, 2.24) is 0 Å². The van der Waals surface area contributed by atoms with Gasteiger partial charge in [-0.1, -0.05) is 0 Å². The molecule has 0 amide bonds. The van der Waals surface area contributed by atoms with Crippen molar-refractivity contribution in [3.8, 4) is 0 Å². The van der Waals surface area contributed by atoms with Gasteiger partial charge in [-0.05, 0) is 0 Å². The maximum absolute atomic E-state index is 13.2. The van der Waals surface area contributed by atoms with Crippen molar-refractivity contribution in [3.63, 3.8) is 0 Å². The molecule has 18 heteroatoms. The zero-order valence-electron chi connectivity index (χ0n) is 11.4. The standard InChI is InChI=1S/C9HF17O/c10-1(11)2(12,13)4(16,17)6(20,21)8(24,25)9(26,27)7(22,23)5(18,19)3(1,14)15/h27H. The van der Waals surface area contributed by atoms with Crippen LogP contribution in [0, 0.1) is 0 Å². The van der Waals surface area contributed by atoms with Crippen LogP contribution in [-0.4, -0.2) is 58.3 Å². The van der Waals surface area contributed by atoms with Crippen molar-refractivity contribution < 1.29 is 79.7 Å². The summed E-state index contributed by atoms with van der Waals surface area (Å²) >= 11 is 0. The molecule has 1 fully saturated rings. The highest BCUT2D eigenvalue weighted by molar-refractivity contribution is 5.23. The Morgan fingerprint density at radius 2 is 0.370 bits per heavy atom.